The van der Waals surface area contributed by atoms with Crippen LogP contribution in [0.15, 0.2) is 18.2 Å². The molecule has 0 aliphatic heterocycles. The van der Waals surface area contributed by atoms with Gasteiger partial charge in [-0.2, -0.15) is 0 Å². The highest BCUT2D eigenvalue weighted by Gasteiger charge is 2.11. The zero-order valence-corrected chi connectivity index (χ0v) is 13.3. The van der Waals surface area contributed by atoms with Crippen LogP contribution in [-0.4, -0.2) is 31.6 Å². The molecule has 0 bridgehead atoms. The van der Waals surface area contributed by atoms with Crippen molar-refractivity contribution in [1.29, 1.82) is 0 Å². The summed E-state index contributed by atoms with van der Waals surface area (Å²) in [6.07, 6.45) is 2.41. The van der Waals surface area contributed by atoms with Crippen molar-refractivity contribution < 1.29 is 0 Å². The summed E-state index contributed by atoms with van der Waals surface area (Å²) < 4.78 is 0. The summed E-state index contributed by atoms with van der Waals surface area (Å²) in [6, 6.07) is 7.32. The van der Waals surface area contributed by atoms with Crippen LogP contribution in [0.25, 0.3) is 0 Å². The number of nitrogens with one attached hydrogen (secondary N) is 1. The molecule has 1 N–H and O–H groups in total. The third-order valence-corrected chi connectivity index (χ3v) is 3.72. The molecule has 19 heavy (non-hydrogen) atoms. The van der Waals surface area contributed by atoms with E-state index in [4.69, 9.17) is 0 Å². The zero-order valence-electron chi connectivity index (χ0n) is 13.3. The van der Waals surface area contributed by atoms with Crippen molar-refractivity contribution in [3.05, 3.63) is 34.9 Å². The fourth-order valence-electron chi connectivity index (χ4n) is 2.74. The molecule has 0 aromatic heterocycles. The van der Waals surface area contributed by atoms with Gasteiger partial charge in [0.15, 0.2) is 0 Å². The normalized spacial score (nSPS) is 12.9. The molecular formula is C17H30N2. The van der Waals surface area contributed by atoms with Crippen LogP contribution in [0.5, 0.6) is 0 Å². The lowest BCUT2D eigenvalue weighted by Gasteiger charge is -2.24. The van der Waals surface area contributed by atoms with Crippen molar-refractivity contribution in [2.75, 3.05) is 26.7 Å². The Hall–Kier alpha value is -0.860. The second-order valence-corrected chi connectivity index (χ2v) is 5.49. The van der Waals surface area contributed by atoms with Gasteiger partial charge in [0, 0.05) is 6.04 Å². The molecule has 0 aliphatic carbocycles. The first-order chi connectivity index (χ1) is 9.10. The van der Waals surface area contributed by atoms with Crippen LogP contribution in [0.3, 0.4) is 0 Å². The topological polar surface area (TPSA) is 15.3 Å². The molecule has 0 fully saturated rings. The number of benzene rings is 1. The first-order valence-electron chi connectivity index (χ1n) is 7.58. The second-order valence-electron chi connectivity index (χ2n) is 5.49. The highest BCUT2D eigenvalue weighted by atomic mass is 15.1. The molecule has 0 spiro atoms. The van der Waals surface area contributed by atoms with Crippen molar-refractivity contribution >= 4 is 0 Å². The van der Waals surface area contributed by atoms with Crippen molar-refractivity contribution in [3.63, 3.8) is 0 Å². The summed E-state index contributed by atoms with van der Waals surface area (Å²) in [7, 11) is 2.07. The Balaban J connectivity index is 2.66. The van der Waals surface area contributed by atoms with Gasteiger partial charge in [-0.05, 0) is 58.9 Å². The lowest BCUT2D eigenvalue weighted by molar-refractivity contribution is 0.271. The molecule has 1 atom stereocenters. The molecule has 0 saturated heterocycles. The number of aryl methyl sites for hydroxylation is 2. The standard InChI is InChI=1S/C17H30N2/c1-6-9-19(7-2)10-8-17(18-5)16-12-14(3)11-15(4)13-16/h11-13,17-18H,6-10H2,1-5H3. The number of rotatable bonds is 8. The molecular weight excluding hydrogens is 232 g/mol. The van der Waals surface area contributed by atoms with E-state index in [9.17, 15) is 0 Å². The molecule has 1 aromatic carbocycles. The van der Waals surface area contributed by atoms with E-state index < -0.39 is 0 Å². The Bertz CT molecular complexity index is 353. The van der Waals surface area contributed by atoms with Gasteiger partial charge in [0.2, 0.25) is 0 Å². The third-order valence-electron chi connectivity index (χ3n) is 3.72. The first-order valence-corrected chi connectivity index (χ1v) is 7.58. The average Bonchev–Trinajstić information content (AvgIpc) is 2.37. The maximum absolute atomic E-state index is 3.47. The Labute approximate surface area is 119 Å². The number of hydrogen-bond acceptors (Lipinski definition) is 2. The molecule has 1 unspecified atom stereocenters. The summed E-state index contributed by atoms with van der Waals surface area (Å²) >= 11 is 0. The summed E-state index contributed by atoms with van der Waals surface area (Å²) in [6.45, 7) is 12.4. The van der Waals surface area contributed by atoms with Crippen LogP contribution in [-0.2, 0) is 0 Å². The Kier molecular flexibility index (Phi) is 7.11. The van der Waals surface area contributed by atoms with Crippen LogP contribution in [0.2, 0.25) is 0 Å². The molecule has 0 heterocycles. The molecule has 0 radical (unpaired) electrons. The highest BCUT2D eigenvalue weighted by molar-refractivity contribution is 5.30. The lowest BCUT2D eigenvalue weighted by Crippen LogP contribution is -2.29. The largest absolute Gasteiger partial charge is 0.313 e. The Morgan fingerprint density at radius 2 is 1.68 bits per heavy atom. The zero-order chi connectivity index (χ0) is 14.3. The van der Waals surface area contributed by atoms with Crippen LogP contribution < -0.4 is 5.32 Å². The van der Waals surface area contributed by atoms with Crippen molar-refractivity contribution in [3.8, 4) is 0 Å². The van der Waals surface area contributed by atoms with Crippen LogP contribution >= 0.6 is 0 Å². The van der Waals surface area contributed by atoms with Gasteiger partial charge in [-0.15, -0.1) is 0 Å². The van der Waals surface area contributed by atoms with Gasteiger partial charge in [-0.25, -0.2) is 0 Å². The van der Waals surface area contributed by atoms with Gasteiger partial charge in [0.1, 0.15) is 0 Å². The smallest absolute Gasteiger partial charge is 0.0329 e. The van der Waals surface area contributed by atoms with E-state index in [0.29, 0.717) is 6.04 Å². The third kappa shape index (κ3) is 5.33. The summed E-state index contributed by atoms with van der Waals surface area (Å²) in [5, 5.41) is 3.47. The SMILES string of the molecule is CCCN(CC)CCC(NC)c1cc(C)cc(C)c1. The van der Waals surface area contributed by atoms with Gasteiger partial charge in [0.25, 0.3) is 0 Å². The Morgan fingerprint density at radius 1 is 1.05 bits per heavy atom. The summed E-state index contributed by atoms with van der Waals surface area (Å²) in [4.78, 5) is 2.53. The van der Waals surface area contributed by atoms with Crippen LogP contribution in [0.4, 0.5) is 0 Å². The van der Waals surface area contributed by atoms with E-state index in [0.717, 1.165) is 6.54 Å². The quantitative estimate of drug-likeness (QED) is 0.768. The van der Waals surface area contributed by atoms with Gasteiger partial charge < -0.3 is 10.2 Å². The molecule has 2 heteroatoms. The predicted octanol–water partition coefficient (Wildman–Crippen LogP) is 3.69. The number of nitrogens with zero attached hydrogens (tertiary/aromatic N) is 1. The Morgan fingerprint density at radius 3 is 2.16 bits per heavy atom. The minimum Gasteiger partial charge on any atom is -0.313 e. The van der Waals surface area contributed by atoms with Crippen molar-refractivity contribution in [1.82, 2.24) is 10.2 Å². The molecule has 2 nitrogen and oxygen atoms in total. The lowest BCUT2D eigenvalue weighted by atomic mass is 9.99. The molecule has 0 saturated carbocycles. The van der Waals surface area contributed by atoms with Crippen LogP contribution in [0.1, 0.15) is 49.4 Å². The maximum Gasteiger partial charge on any atom is 0.0329 e. The fourth-order valence-corrected chi connectivity index (χ4v) is 2.74. The fraction of sp³-hybridized carbons (Fsp3) is 0.647. The van der Waals surface area contributed by atoms with Crippen molar-refractivity contribution in [2.24, 2.45) is 0 Å². The van der Waals surface area contributed by atoms with E-state index in [2.05, 4.69) is 63.2 Å². The molecule has 1 rings (SSSR count). The van der Waals surface area contributed by atoms with E-state index >= 15 is 0 Å². The minimum absolute atomic E-state index is 0.463. The van der Waals surface area contributed by atoms with E-state index in [1.165, 1.54) is 42.6 Å². The summed E-state index contributed by atoms with van der Waals surface area (Å²) in [5.41, 5.74) is 4.14. The summed E-state index contributed by atoms with van der Waals surface area (Å²) in [5.74, 6) is 0. The molecule has 108 valence electrons. The second kappa shape index (κ2) is 8.34. The predicted molar refractivity (Wildman–Crippen MR) is 84.7 cm³/mol. The van der Waals surface area contributed by atoms with E-state index in [1.807, 2.05) is 0 Å². The molecule has 1 aromatic rings. The van der Waals surface area contributed by atoms with E-state index in [-0.39, 0.29) is 0 Å². The van der Waals surface area contributed by atoms with Crippen LogP contribution in [0, 0.1) is 13.8 Å². The first kappa shape index (κ1) is 16.2. The monoisotopic (exact) mass is 262 g/mol. The van der Waals surface area contributed by atoms with Gasteiger partial charge >= 0.3 is 0 Å². The minimum atomic E-state index is 0.463. The van der Waals surface area contributed by atoms with E-state index in [1.54, 1.807) is 0 Å². The molecule has 0 amide bonds. The van der Waals surface area contributed by atoms with Gasteiger partial charge in [-0.3, -0.25) is 0 Å². The van der Waals surface area contributed by atoms with Gasteiger partial charge in [-0.1, -0.05) is 43.2 Å². The molecule has 0 aliphatic rings. The average molecular weight is 262 g/mol. The highest BCUT2D eigenvalue weighted by Crippen LogP contribution is 2.20. The number of hydrogen-bond donors (Lipinski definition) is 1. The van der Waals surface area contributed by atoms with Gasteiger partial charge in [0.05, 0.1) is 0 Å². The maximum atomic E-state index is 3.47. The van der Waals surface area contributed by atoms with Crippen molar-refractivity contribution in [2.45, 2.75) is 46.6 Å².